The standard InChI is InChI=1S/C24H18FN3O4/c1-3-31-24(30)21-17-8-5-9-18(25)20(17)27-22(28-21)16-7-4-6-15(12-16)10-11-19(29)23-26-13-14(2)32-23/h4-9,12-13,19,29H,3H2,1-2H3. The third-order valence-corrected chi connectivity index (χ3v) is 4.49. The Balaban J connectivity index is 1.74. The Hall–Kier alpha value is -4.09. The predicted octanol–water partition coefficient (Wildman–Crippen LogP) is 3.99. The van der Waals surface area contributed by atoms with Crippen LogP contribution in [0.1, 0.15) is 40.7 Å². The second kappa shape index (κ2) is 8.96. The molecule has 0 saturated heterocycles. The molecule has 0 aliphatic carbocycles. The summed E-state index contributed by atoms with van der Waals surface area (Å²) in [6.07, 6.45) is 0.312. The molecule has 4 aromatic rings. The number of esters is 1. The predicted molar refractivity (Wildman–Crippen MR) is 114 cm³/mol. The summed E-state index contributed by atoms with van der Waals surface area (Å²) >= 11 is 0. The fraction of sp³-hybridized carbons (Fsp3) is 0.167. The van der Waals surface area contributed by atoms with Crippen LogP contribution < -0.4 is 0 Å². The number of aromatic nitrogens is 3. The maximum atomic E-state index is 14.5. The number of ether oxygens (including phenoxy) is 1. The molecule has 0 spiro atoms. The number of aryl methyl sites for hydroxylation is 1. The van der Waals surface area contributed by atoms with Gasteiger partial charge in [0, 0.05) is 16.5 Å². The van der Waals surface area contributed by atoms with E-state index < -0.39 is 17.9 Å². The molecule has 1 atom stereocenters. The topological polar surface area (TPSA) is 98.3 Å². The van der Waals surface area contributed by atoms with E-state index in [0.29, 0.717) is 16.9 Å². The Morgan fingerprint density at radius 2 is 2.06 bits per heavy atom. The molecule has 1 N–H and O–H groups in total. The van der Waals surface area contributed by atoms with E-state index in [-0.39, 0.29) is 34.9 Å². The molecule has 0 radical (unpaired) electrons. The van der Waals surface area contributed by atoms with Gasteiger partial charge in [-0.15, -0.1) is 0 Å². The maximum Gasteiger partial charge on any atom is 0.357 e. The number of benzene rings is 2. The zero-order valence-electron chi connectivity index (χ0n) is 17.3. The molecule has 0 aliphatic heterocycles. The van der Waals surface area contributed by atoms with Crippen LogP contribution >= 0.6 is 0 Å². The zero-order chi connectivity index (χ0) is 22.7. The van der Waals surface area contributed by atoms with Gasteiger partial charge in [0.25, 0.3) is 0 Å². The average molecular weight is 431 g/mol. The smallest absolute Gasteiger partial charge is 0.357 e. The van der Waals surface area contributed by atoms with E-state index >= 15 is 0 Å². The molecule has 0 aliphatic rings. The summed E-state index contributed by atoms with van der Waals surface area (Å²) < 4.78 is 24.8. The van der Waals surface area contributed by atoms with Crippen molar-refractivity contribution in [2.45, 2.75) is 20.0 Å². The molecular formula is C24H18FN3O4. The van der Waals surface area contributed by atoms with Crippen LogP contribution in [-0.4, -0.2) is 32.6 Å². The van der Waals surface area contributed by atoms with Crippen molar-refractivity contribution in [2.75, 3.05) is 6.61 Å². The number of oxazole rings is 1. The van der Waals surface area contributed by atoms with Gasteiger partial charge in [0.1, 0.15) is 17.1 Å². The number of aliphatic hydroxyl groups excluding tert-OH is 1. The monoisotopic (exact) mass is 431 g/mol. The van der Waals surface area contributed by atoms with E-state index in [1.165, 1.54) is 18.3 Å². The van der Waals surface area contributed by atoms with Crippen molar-refractivity contribution in [3.05, 3.63) is 77.4 Å². The number of carbonyl (C=O) groups excluding carboxylic acids is 1. The highest BCUT2D eigenvalue weighted by atomic mass is 19.1. The van der Waals surface area contributed by atoms with Gasteiger partial charge in [-0.3, -0.25) is 0 Å². The Labute approximate surface area is 182 Å². The molecule has 0 fully saturated rings. The number of para-hydroxylation sites is 1. The lowest BCUT2D eigenvalue weighted by molar-refractivity contribution is 0.0522. The van der Waals surface area contributed by atoms with E-state index in [1.54, 1.807) is 44.2 Å². The third-order valence-electron chi connectivity index (χ3n) is 4.49. The van der Waals surface area contributed by atoms with Crippen molar-refractivity contribution >= 4 is 16.9 Å². The van der Waals surface area contributed by atoms with E-state index in [9.17, 15) is 14.3 Å². The largest absolute Gasteiger partial charge is 0.461 e. The summed E-state index contributed by atoms with van der Waals surface area (Å²) in [6.45, 7) is 3.56. The van der Waals surface area contributed by atoms with Crippen LogP contribution in [0.25, 0.3) is 22.3 Å². The van der Waals surface area contributed by atoms with Gasteiger partial charge in [-0.1, -0.05) is 36.1 Å². The van der Waals surface area contributed by atoms with E-state index in [1.807, 2.05) is 0 Å². The number of hydrogen-bond acceptors (Lipinski definition) is 7. The van der Waals surface area contributed by atoms with Crippen molar-refractivity contribution in [3.63, 3.8) is 0 Å². The van der Waals surface area contributed by atoms with Crippen molar-refractivity contribution < 1.29 is 23.4 Å². The lowest BCUT2D eigenvalue weighted by Gasteiger charge is -2.09. The molecule has 4 rings (SSSR count). The number of nitrogens with zero attached hydrogens (tertiary/aromatic N) is 3. The quantitative estimate of drug-likeness (QED) is 0.385. The molecule has 0 amide bonds. The highest BCUT2D eigenvalue weighted by Crippen LogP contribution is 2.25. The Kier molecular flexibility index (Phi) is 5.92. The molecule has 2 aromatic heterocycles. The van der Waals surface area contributed by atoms with E-state index in [4.69, 9.17) is 9.15 Å². The van der Waals surface area contributed by atoms with Gasteiger partial charge in [0.2, 0.25) is 5.89 Å². The fourth-order valence-corrected chi connectivity index (χ4v) is 3.05. The molecule has 0 saturated carbocycles. The molecule has 32 heavy (non-hydrogen) atoms. The van der Waals surface area contributed by atoms with Crippen molar-refractivity contribution in [3.8, 4) is 23.2 Å². The van der Waals surface area contributed by atoms with Crippen LogP contribution in [0, 0.1) is 24.6 Å². The van der Waals surface area contributed by atoms with E-state index in [0.717, 1.165) is 0 Å². The Morgan fingerprint density at radius 1 is 1.25 bits per heavy atom. The summed E-state index contributed by atoms with van der Waals surface area (Å²) in [5.41, 5.74) is 1.08. The lowest BCUT2D eigenvalue weighted by Crippen LogP contribution is -2.10. The first kappa shape index (κ1) is 21.2. The minimum atomic E-state index is -1.19. The molecule has 8 heteroatoms. The van der Waals surface area contributed by atoms with Crippen molar-refractivity contribution in [1.29, 1.82) is 0 Å². The zero-order valence-corrected chi connectivity index (χ0v) is 17.3. The number of hydrogen-bond donors (Lipinski definition) is 1. The van der Waals surface area contributed by atoms with Gasteiger partial charge >= 0.3 is 5.97 Å². The normalized spacial score (nSPS) is 11.6. The molecule has 0 bridgehead atoms. The second-order valence-corrected chi connectivity index (χ2v) is 6.81. The van der Waals surface area contributed by atoms with Gasteiger partial charge in [0.15, 0.2) is 17.6 Å². The van der Waals surface area contributed by atoms with Crippen LogP contribution in [0.3, 0.4) is 0 Å². The van der Waals surface area contributed by atoms with E-state index in [2.05, 4.69) is 26.8 Å². The van der Waals surface area contributed by atoms with Crippen molar-refractivity contribution in [2.24, 2.45) is 0 Å². The number of rotatable bonds is 4. The summed E-state index contributed by atoms with van der Waals surface area (Å²) in [5, 5.41) is 10.4. The molecule has 7 nitrogen and oxygen atoms in total. The summed E-state index contributed by atoms with van der Waals surface area (Å²) in [4.78, 5) is 25.0. The van der Waals surface area contributed by atoms with Gasteiger partial charge in [-0.05, 0) is 32.0 Å². The highest BCUT2D eigenvalue weighted by molar-refractivity contribution is 6.02. The number of halogens is 1. The number of carbonyl (C=O) groups is 1. The summed E-state index contributed by atoms with van der Waals surface area (Å²) in [6, 6.07) is 11.2. The Morgan fingerprint density at radius 3 is 2.81 bits per heavy atom. The van der Waals surface area contributed by atoms with Crippen LogP contribution in [0.5, 0.6) is 0 Å². The Bertz CT molecular complexity index is 1370. The minimum Gasteiger partial charge on any atom is -0.461 e. The minimum absolute atomic E-state index is 0.0162. The van der Waals surface area contributed by atoms with Crippen LogP contribution in [0.2, 0.25) is 0 Å². The molecule has 160 valence electrons. The maximum absolute atomic E-state index is 14.5. The first-order valence-electron chi connectivity index (χ1n) is 9.82. The van der Waals surface area contributed by atoms with Crippen LogP contribution in [-0.2, 0) is 4.74 Å². The third kappa shape index (κ3) is 4.33. The van der Waals surface area contributed by atoms with Gasteiger partial charge in [0.05, 0.1) is 12.8 Å². The fourth-order valence-electron chi connectivity index (χ4n) is 3.05. The highest BCUT2D eigenvalue weighted by Gasteiger charge is 2.19. The number of aliphatic hydroxyl groups is 1. The molecule has 2 aromatic carbocycles. The number of fused-ring (bicyclic) bond motifs is 1. The molecular weight excluding hydrogens is 413 g/mol. The SMILES string of the molecule is CCOC(=O)c1nc(-c2cccc(C#CC(O)c3ncc(C)o3)c2)nc2c(F)cccc12. The van der Waals surface area contributed by atoms with Gasteiger partial charge in [-0.25, -0.2) is 24.1 Å². The summed E-state index contributed by atoms with van der Waals surface area (Å²) in [7, 11) is 0. The molecule has 2 heterocycles. The first-order valence-corrected chi connectivity index (χ1v) is 9.82. The van der Waals surface area contributed by atoms with Crippen LogP contribution in [0.4, 0.5) is 4.39 Å². The van der Waals surface area contributed by atoms with Gasteiger partial charge < -0.3 is 14.3 Å². The van der Waals surface area contributed by atoms with Crippen molar-refractivity contribution in [1.82, 2.24) is 15.0 Å². The molecule has 1 unspecified atom stereocenters. The summed E-state index contributed by atoms with van der Waals surface area (Å²) in [5.74, 6) is 5.11. The second-order valence-electron chi connectivity index (χ2n) is 6.81. The lowest BCUT2D eigenvalue weighted by atomic mass is 10.1. The van der Waals surface area contributed by atoms with Gasteiger partial charge in [-0.2, -0.15) is 0 Å². The van der Waals surface area contributed by atoms with Crippen LogP contribution in [0.15, 0.2) is 53.1 Å². The average Bonchev–Trinajstić information content (AvgIpc) is 3.24. The first-order chi connectivity index (χ1) is 15.5.